The molecule has 0 aliphatic carbocycles. The predicted molar refractivity (Wildman–Crippen MR) is 80.3 cm³/mol. The summed E-state index contributed by atoms with van der Waals surface area (Å²) >= 11 is 0. The minimum absolute atomic E-state index is 0.194. The lowest BCUT2D eigenvalue weighted by Gasteiger charge is -2.32. The van der Waals surface area contributed by atoms with Crippen molar-refractivity contribution in [2.24, 2.45) is 0 Å². The molecule has 1 aliphatic heterocycles. The van der Waals surface area contributed by atoms with Gasteiger partial charge >= 0.3 is 0 Å². The van der Waals surface area contributed by atoms with Crippen molar-refractivity contribution in [3.63, 3.8) is 0 Å². The standard InChI is InChI=1S/C15H18N4O3/c1-2-6-16-14(21)12-4-3-5-13(17-12)15(22)19-9-7-18(11-20)8-10-19/h2-5,11H,1,6-10H2,(H,16,21). The number of pyridine rings is 1. The van der Waals surface area contributed by atoms with Crippen LogP contribution in [-0.4, -0.2) is 65.7 Å². The first-order valence-electron chi connectivity index (χ1n) is 7.00. The Morgan fingerprint density at radius 3 is 2.55 bits per heavy atom. The Morgan fingerprint density at radius 2 is 1.91 bits per heavy atom. The van der Waals surface area contributed by atoms with E-state index < -0.39 is 0 Å². The molecule has 3 amide bonds. The fourth-order valence-electron chi connectivity index (χ4n) is 2.13. The summed E-state index contributed by atoms with van der Waals surface area (Å²) in [6.45, 7) is 5.81. The molecule has 0 atom stereocenters. The molecule has 1 aromatic heterocycles. The van der Waals surface area contributed by atoms with Crippen molar-refractivity contribution < 1.29 is 14.4 Å². The first-order valence-corrected chi connectivity index (χ1v) is 7.00. The molecule has 1 N–H and O–H groups in total. The number of hydrogen-bond acceptors (Lipinski definition) is 4. The maximum Gasteiger partial charge on any atom is 0.272 e. The normalized spacial score (nSPS) is 14.4. The lowest BCUT2D eigenvalue weighted by Crippen LogP contribution is -2.48. The van der Waals surface area contributed by atoms with Crippen molar-refractivity contribution in [2.75, 3.05) is 32.7 Å². The summed E-state index contributed by atoms with van der Waals surface area (Å²) < 4.78 is 0. The zero-order chi connectivity index (χ0) is 15.9. The molecule has 2 rings (SSSR count). The van der Waals surface area contributed by atoms with E-state index in [9.17, 15) is 14.4 Å². The van der Waals surface area contributed by atoms with Gasteiger partial charge in [0, 0.05) is 32.7 Å². The van der Waals surface area contributed by atoms with Crippen LogP contribution in [0.3, 0.4) is 0 Å². The van der Waals surface area contributed by atoms with E-state index in [-0.39, 0.29) is 23.2 Å². The number of nitrogens with zero attached hydrogens (tertiary/aromatic N) is 3. The fraction of sp³-hybridized carbons (Fsp3) is 0.333. The molecule has 1 aliphatic rings. The molecule has 0 unspecified atom stereocenters. The predicted octanol–water partition coefficient (Wildman–Crippen LogP) is -0.0884. The quantitative estimate of drug-likeness (QED) is 0.609. The molecule has 1 fully saturated rings. The van der Waals surface area contributed by atoms with Crippen molar-refractivity contribution in [2.45, 2.75) is 0 Å². The average molecular weight is 302 g/mol. The molecule has 0 spiro atoms. The van der Waals surface area contributed by atoms with Gasteiger partial charge in [0.2, 0.25) is 6.41 Å². The number of rotatable bonds is 5. The Hall–Kier alpha value is -2.70. The minimum atomic E-state index is -0.347. The third kappa shape index (κ3) is 3.69. The SMILES string of the molecule is C=CCNC(=O)c1cccc(C(=O)N2CCN(C=O)CC2)n1. The topological polar surface area (TPSA) is 82.6 Å². The third-order valence-electron chi connectivity index (χ3n) is 3.36. The molecular weight excluding hydrogens is 284 g/mol. The summed E-state index contributed by atoms with van der Waals surface area (Å²) in [4.78, 5) is 42.3. The molecule has 0 saturated carbocycles. The van der Waals surface area contributed by atoms with E-state index in [1.807, 2.05) is 0 Å². The minimum Gasteiger partial charge on any atom is -0.347 e. The van der Waals surface area contributed by atoms with Gasteiger partial charge in [-0.3, -0.25) is 14.4 Å². The van der Waals surface area contributed by atoms with Crippen molar-refractivity contribution >= 4 is 18.2 Å². The van der Waals surface area contributed by atoms with Gasteiger partial charge in [-0.25, -0.2) is 4.98 Å². The summed E-state index contributed by atoms with van der Waals surface area (Å²) in [5.41, 5.74) is 0.421. The highest BCUT2D eigenvalue weighted by atomic mass is 16.2. The zero-order valence-electron chi connectivity index (χ0n) is 12.2. The van der Waals surface area contributed by atoms with Gasteiger partial charge in [-0.1, -0.05) is 12.1 Å². The van der Waals surface area contributed by atoms with Gasteiger partial charge in [0.1, 0.15) is 11.4 Å². The summed E-state index contributed by atoms with van der Waals surface area (Å²) in [5, 5.41) is 2.62. The Bertz CT molecular complexity index is 580. The highest BCUT2D eigenvalue weighted by Gasteiger charge is 2.22. The molecule has 2 heterocycles. The number of amides is 3. The average Bonchev–Trinajstić information content (AvgIpc) is 2.59. The number of carbonyl (C=O) groups is 3. The van der Waals surface area contributed by atoms with Crippen LogP contribution in [-0.2, 0) is 4.79 Å². The molecule has 0 bridgehead atoms. The highest BCUT2D eigenvalue weighted by Crippen LogP contribution is 2.07. The van der Waals surface area contributed by atoms with Crippen LogP contribution in [0.1, 0.15) is 21.0 Å². The van der Waals surface area contributed by atoms with Crippen molar-refractivity contribution in [3.05, 3.63) is 42.2 Å². The molecule has 7 heteroatoms. The van der Waals surface area contributed by atoms with E-state index >= 15 is 0 Å². The summed E-state index contributed by atoms with van der Waals surface area (Å²) in [5.74, 6) is -0.579. The highest BCUT2D eigenvalue weighted by molar-refractivity contribution is 5.96. The monoisotopic (exact) mass is 302 g/mol. The second kappa shape index (κ2) is 7.35. The Morgan fingerprint density at radius 1 is 1.23 bits per heavy atom. The summed E-state index contributed by atoms with van der Waals surface area (Å²) in [7, 11) is 0. The lowest BCUT2D eigenvalue weighted by molar-refractivity contribution is -0.119. The summed E-state index contributed by atoms with van der Waals surface area (Å²) in [6.07, 6.45) is 2.35. The first-order chi connectivity index (χ1) is 10.7. The van der Waals surface area contributed by atoms with Gasteiger partial charge in [-0.2, -0.15) is 0 Å². The fourth-order valence-corrected chi connectivity index (χ4v) is 2.13. The molecule has 1 saturated heterocycles. The molecule has 0 aromatic carbocycles. The van der Waals surface area contributed by atoms with Crippen molar-refractivity contribution in [1.82, 2.24) is 20.1 Å². The Kier molecular flexibility index (Phi) is 5.24. The second-order valence-electron chi connectivity index (χ2n) is 4.84. The Balaban J connectivity index is 2.05. The van der Waals surface area contributed by atoms with Crippen molar-refractivity contribution in [1.29, 1.82) is 0 Å². The Labute approximate surface area is 128 Å². The van der Waals surface area contributed by atoms with E-state index in [1.165, 1.54) is 0 Å². The van der Waals surface area contributed by atoms with Crippen LogP contribution < -0.4 is 5.32 Å². The third-order valence-corrected chi connectivity index (χ3v) is 3.36. The molecule has 22 heavy (non-hydrogen) atoms. The number of hydrogen-bond donors (Lipinski definition) is 1. The van der Waals surface area contributed by atoms with Crippen LogP contribution >= 0.6 is 0 Å². The van der Waals surface area contributed by atoms with Gasteiger partial charge in [0.15, 0.2) is 0 Å². The van der Waals surface area contributed by atoms with Crippen LogP contribution in [0, 0.1) is 0 Å². The van der Waals surface area contributed by atoms with E-state index in [1.54, 1.807) is 34.1 Å². The molecule has 116 valence electrons. The van der Waals surface area contributed by atoms with Crippen LogP contribution in [0.25, 0.3) is 0 Å². The van der Waals surface area contributed by atoms with Crippen LogP contribution in [0.4, 0.5) is 0 Å². The van der Waals surface area contributed by atoms with Gasteiger partial charge in [0.25, 0.3) is 11.8 Å². The molecule has 0 radical (unpaired) electrons. The number of aromatic nitrogens is 1. The smallest absolute Gasteiger partial charge is 0.272 e. The molecule has 7 nitrogen and oxygen atoms in total. The first kappa shape index (κ1) is 15.7. The summed E-state index contributed by atoms with van der Waals surface area (Å²) in [6, 6.07) is 4.77. The van der Waals surface area contributed by atoms with Gasteiger partial charge < -0.3 is 15.1 Å². The number of nitrogens with one attached hydrogen (secondary N) is 1. The maximum atomic E-state index is 12.4. The van der Waals surface area contributed by atoms with Crippen molar-refractivity contribution in [3.8, 4) is 0 Å². The van der Waals surface area contributed by atoms with E-state index in [0.29, 0.717) is 32.7 Å². The van der Waals surface area contributed by atoms with Gasteiger partial charge in [-0.05, 0) is 12.1 Å². The lowest BCUT2D eigenvalue weighted by atomic mass is 10.2. The van der Waals surface area contributed by atoms with E-state index in [2.05, 4.69) is 16.9 Å². The van der Waals surface area contributed by atoms with Crippen LogP contribution in [0.2, 0.25) is 0 Å². The maximum absolute atomic E-state index is 12.4. The second-order valence-corrected chi connectivity index (χ2v) is 4.84. The van der Waals surface area contributed by atoms with Crippen LogP contribution in [0.5, 0.6) is 0 Å². The van der Waals surface area contributed by atoms with Gasteiger partial charge in [-0.15, -0.1) is 6.58 Å². The molecule has 1 aromatic rings. The van der Waals surface area contributed by atoms with E-state index in [4.69, 9.17) is 0 Å². The van der Waals surface area contributed by atoms with Gasteiger partial charge in [0.05, 0.1) is 0 Å². The largest absolute Gasteiger partial charge is 0.347 e. The number of piperazine rings is 1. The number of carbonyl (C=O) groups excluding carboxylic acids is 3. The van der Waals surface area contributed by atoms with Crippen LogP contribution in [0.15, 0.2) is 30.9 Å². The molecular formula is C15H18N4O3. The zero-order valence-corrected chi connectivity index (χ0v) is 12.2. The van der Waals surface area contributed by atoms with E-state index in [0.717, 1.165) is 6.41 Å².